The number of aliphatic hydroxyl groups is 1. The summed E-state index contributed by atoms with van der Waals surface area (Å²) in [4.78, 5) is 52.1. The predicted octanol–water partition coefficient (Wildman–Crippen LogP) is 3.40. The lowest BCUT2D eigenvalue weighted by Gasteiger charge is -2.47. The number of carbonyl (C=O) groups excluding carboxylic acids is 4. The van der Waals surface area contributed by atoms with E-state index in [1.165, 1.54) is 19.8 Å². The largest absolute Gasteiger partial charge is 0.463 e. The molecule has 0 radical (unpaired) electrons. The quantitative estimate of drug-likeness (QED) is 0.0872. The number of hydrogen-bond acceptors (Lipinski definition) is 14. The van der Waals surface area contributed by atoms with Crippen LogP contribution in [0.5, 0.6) is 0 Å². The van der Waals surface area contributed by atoms with E-state index in [1.807, 2.05) is 37.8 Å². The molecule has 15 nitrogen and oxygen atoms in total. The number of piperidine rings is 2. The highest BCUT2D eigenvalue weighted by Crippen LogP contribution is 2.40. The van der Waals surface area contributed by atoms with Gasteiger partial charge in [0, 0.05) is 52.7 Å². The van der Waals surface area contributed by atoms with Crippen molar-refractivity contribution in [1.82, 2.24) is 9.80 Å². The Hall–Kier alpha value is -4.18. The van der Waals surface area contributed by atoms with Gasteiger partial charge in [0.25, 0.3) is 0 Å². The standard InChI is InChI=1S/C41H61N5O10/c1-25(2)35(43)32(39(44)56-40-38(54-29(6)49)36(51)37(53-28(5)48)33(55-40)23-52-27(4)47)21-31-12-11-30(20-26(31)3)10-7-8-16-45-17-9-13-41(24-45)14-18-46(19-15-41)34(50)22-42/h7,10-12,20,25,32-33,36-38,40,43-44,51H,8-9,13-19,21-24,42H2,1-6H3. The van der Waals surface area contributed by atoms with E-state index in [9.17, 15) is 24.3 Å². The molecular formula is C41H61N5O10. The van der Waals surface area contributed by atoms with Crippen LogP contribution < -0.4 is 5.73 Å². The van der Waals surface area contributed by atoms with Gasteiger partial charge in [-0.1, -0.05) is 44.2 Å². The van der Waals surface area contributed by atoms with Crippen LogP contribution >= 0.6 is 0 Å². The van der Waals surface area contributed by atoms with Crippen molar-refractivity contribution in [3.05, 3.63) is 41.0 Å². The van der Waals surface area contributed by atoms with Crippen molar-refractivity contribution < 1.29 is 48.0 Å². The summed E-state index contributed by atoms with van der Waals surface area (Å²) in [5.74, 6) is -3.52. The summed E-state index contributed by atoms with van der Waals surface area (Å²) < 4.78 is 27.6. The van der Waals surface area contributed by atoms with Crippen molar-refractivity contribution in [3.8, 4) is 0 Å². The summed E-state index contributed by atoms with van der Waals surface area (Å²) in [6, 6.07) is 6.07. The minimum absolute atomic E-state index is 0.0392. The van der Waals surface area contributed by atoms with Gasteiger partial charge in [0.2, 0.25) is 12.2 Å². The molecule has 1 aromatic rings. The number of nitrogens with zero attached hydrogens (tertiary/aromatic N) is 2. The topological polar surface area (TPSA) is 215 Å². The molecular weight excluding hydrogens is 722 g/mol. The van der Waals surface area contributed by atoms with Gasteiger partial charge in [-0.2, -0.15) is 0 Å². The molecule has 0 aromatic heterocycles. The van der Waals surface area contributed by atoms with E-state index in [0.717, 1.165) is 82.5 Å². The Kier molecular flexibility index (Phi) is 16.1. The van der Waals surface area contributed by atoms with Crippen LogP contribution in [0.4, 0.5) is 0 Å². The summed E-state index contributed by atoms with van der Waals surface area (Å²) in [5, 5.41) is 29.2. The van der Waals surface area contributed by atoms with Crippen LogP contribution in [0.2, 0.25) is 0 Å². The molecule has 310 valence electrons. The molecule has 3 aliphatic heterocycles. The highest BCUT2D eigenvalue weighted by molar-refractivity contribution is 6.02. The number of benzene rings is 1. The molecule has 0 aliphatic carbocycles. The van der Waals surface area contributed by atoms with Gasteiger partial charge in [0.1, 0.15) is 18.8 Å². The van der Waals surface area contributed by atoms with Gasteiger partial charge >= 0.3 is 17.9 Å². The summed E-state index contributed by atoms with van der Waals surface area (Å²) in [5.41, 5.74) is 9.02. The number of esters is 3. The predicted molar refractivity (Wildman–Crippen MR) is 209 cm³/mol. The minimum atomic E-state index is -1.64. The smallest absolute Gasteiger partial charge is 0.303 e. The number of amides is 1. The molecule has 3 aliphatic rings. The third-order valence-electron chi connectivity index (χ3n) is 11.0. The van der Waals surface area contributed by atoms with Crippen LogP contribution in [0.15, 0.2) is 24.3 Å². The molecule has 1 amide bonds. The SMILES string of the molecule is CC(=O)OCC1OC(OC(=N)C(Cc2ccc(C=CCCN3CCCC4(CCN(C(=O)CN)CC4)C3)cc2C)C(=N)C(C)C)C(OC(C)=O)C(O)C1OC(C)=O. The van der Waals surface area contributed by atoms with Gasteiger partial charge in [0.05, 0.1) is 12.5 Å². The molecule has 1 spiro atoms. The summed E-state index contributed by atoms with van der Waals surface area (Å²) in [7, 11) is 0. The van der Waals surface area contributed by atoms with Crippen LogP contribution in [-0.2, 0) is 49.3 Å². The molecule has 6 atom stereocenters. The highest BCUT2D eigenvalue weighted by Gasteiger charge is 2.51. The number of nitrogens with one attached hydrogen (secondary N) is 2. The second-order valence-electron chi connectivity index (χ2n) is 15.7. The normalized spacial score (nSPS) is 24.4. The Morgan fingerprint density at radius 1 is 1.00 bits per heavy atom. The highest BCUT2D eigenvalue weighted by atomic mass is 16.7. The first-order valence-electron chi connectivity index (χ1n) is 19.6. The monoisotopic (exact) mass is 783 g/mol. The van der Waals surface area contributed by atoms with Gasteiger partial charge in [0.15, 0.2) is 18.1 Å². The molecule has 5 N–H and O–H groups in total. The first kappa shape index (κ1) is 44.5. The van der Waals surface area contributed by atoms with E-state index in [0.29, 0.717) is 0 Å². The summed E-state index contributed by atoms with van der Waals surface area (Å²) in [6.07, 6.45) is 2.65. The number of likely N-dealkylation sites (tertiary alicyclic amines) is 2. The zero-order valence-electron chi connectivity index (χ0n) is 33.7. The van der Waals surface area contributed by atoms with E-state index >= 15 is 0 Å². The number of aryl methyl sites for hydroxylation is 1. The van der Waals surface area contributed by atoms with E-state index in [2.05, 4.69) is 23.1 Å². The van der Waals surface area contributed by atoms with E-state index < -0.39 is 61.1 Å². The van der Waals surface area contributed by atoms with Crippen LogP contribution in [0.25, 0.3) is 6.08 Å². The Morgan fingerprint density at radius 3 is 2.29 bits per heavy atom. The Bertz CT molecular complexity index is 1600. The molecule has 0 bridgehead atoms. The van der Waals surface area contributed by atoms with Gasteiger partial charge in [-0.15, -0.1) is 0 Å². The zero-order valence-corrected chi connectivity index (χ0v) is 33.7. The Labute approximate surface area is 330 Å². The number of nitrogens with two attached hydrogens (primary N) is 1. The van der Waals surface area contributed by atoms with Crippen molar-refractivity contribution in [2.24, 2.45) is 23.0 Å². The number of aliphatic hydroxyl groups excluding tert-OH is 1. The molecule has 0 saturated carbocycles. The fraction of sp³-hybridized carbons (Fsp3) is 0.659. The fourth-order valence-corrected chi connectivity index (χ4v) is 7.95. The molecule has 56 heavy (non-hydrogen) atoms. The summed E-state index contributed by atoms with van der Waals surface area (Å²) >= 11 is 0. The first-order chi connectivity index (χ1) is 26.5. The van der Waals surface area contributed by atoms with Crippen LogP contribution in [0, 0.1) is 35.0 Å². The third kappa shape index (κ3) is 12.2. The van der Waals surface area contributed by atoms with Gasteiger partial charge in [-0.3, -0.25) is 24.6 Å². The minimum Gasteiger partial charge on any atom is -0.463 e. The van der Waals surface area contributed by atoms with Crippen molar-refractivity contribution in [3.63, 3.8) is 0 Å². The van der Waals surface area contributed by atoms with Gasteiger partial charge < -0.3 is 49.7 Å². The van der Waals surface area contributed by atoms with Crippen LogP contribution in [0.3, 0.4) is 0 Å². The maximum absolute atomic E-state index is 12.1. The first-order valence-corrected chi connectivity index (χ1v) is 19.6. The molecule has 6 unspecified atom stereocenters. The molecule has 3 heterocycles. The van der Waals surface area contributed by atoms with E-state index in [-0.39, 0.29) is 41.8 Å². The number of hydrogen-bond donors (Lipinski definition) is 4. The van der Waals surface area contributed by atoms with Gasteiger partial charge in [-0.05, 0) is 80.0 Å². The molecule has 3 fully saturated rings. The molecule has 3 saturated heterocycles. The van der Waals surface area contributed by atoms with E-state index in [1.54, 1.807) is 0 Å². The fourth-order valence-electron chi connectivity index (χ4n) is 7.95. The second kappa shape index (κ2) is 20.3. The number of ether oxygens (including phenoxy) is 5. The Balaban J connectivity index is 1.41. The maximum atomic E-state index is 12.1. The van der Waals surface area contributed by atoms with Crippen molar-refractivity contribution in [1.29, 1.82) is 10.8 Å². The lowest BCUT2D eigenvalue weighted by molar-refractivity contribution is -0.289. The average Bonchev–Trinajstić information content (AvgIpc) is 3.14. The summed E-state index contributed by atoms with van der Waals surface area (Å²) in [6.45, 7) is 13.5. The van der Waals surface area contributed by atoms with Crippen molar-refractivity contribution >= 4 is 41.5 Å². The molecule has 15 heteroatoms. The van der Waals surface area contributed by atoms with Crippen LogP contribution in [0.1, 0.15) is 83.4 Å². The van der Waals surface area contributed by atoms with Crippen molar-refractivity contribution in [2.75, 3.05) is 45.9 Å². The number of carbonyl (C=O) groups is 4. The number of rotatable bonds is 15. The maximum Gasteiger partial charge on any atom is 0.303 e. The van der Waals surface area contributed by atoms with E-state index in [4.69, 9.17) is 40.2 Å². The Morgan fingerprint density at radius 2 is 1.68 bits per heavy atom. The molecule has 4 rings (SSSR count). The lowest BCUT2D eigenvalue weighted by Crippen LogP contribution is -2.62. The lowest BCUT2D eigenvalue weighted by atomic mass is 9.72. The second-order valence-corrected chi connectivity index (χ2v) is 15.7. The van der Waals surface area contributed by atoms with Crippen LogP contribution in [-0.4, -0.2) is 127 Å². The van der Waals surface area contributed by atoms with Gasteiger partial charge in [-0.25, -0.2) is 0 Å². The third-order valence-corrected chi connectivity index (χ3v) is 11.0. The average molecular weight is 784 g/mol. The van der Waals surface area contributed by atoms with Crippen molar-refractivity contribution in [2.45, 2.75) is 111 Å². The zero-order chi connectivity index (χ0) is 41.2. The molecule has 1 aromatic carbocycles.